The summed E-state index contributed by atoms with van der Waals surface area (Å²) < 4.78 is 20.3. The summed E-state index contributed by atoms with van der Waals surface area (Å²) in [4.78, 5) is 12.0. The first-order valence-electron chi connectivity index (χ1n) is 6.69. The zero-order valence-corrected chi connectivity index (χ0v) is 11.8. The van der Waals surface area contributed by atoms with Crippen molar-refractivity contribution in [3.05, 3.63) is 34.9 Å². The maximum Gasteiger partial charge on any atom is 0.312 e. The van der Waals surface area contributed by atoms with E-state index < -0.39 is 17.6 Å². The fourth-order valence-corrected chi connectivity index (χ4v) is 2.88. The Hall–Kier alpha value is -1.09. The number of ether oxygens (including phenoxy) is 1. The first-order valence-corrected chi connectivity index (χ1v) is 7.07. The number of hydrogen-bond acceptors (Lipinski definition) is 2. The molecule has 1 aromatic carbocycles. The second-order valence-electron chi connectivity index (χ2n) is 4.92. The van der Waals surface area contributed by atoms with Crippen LogP contribution in [0.2, 0.25) is 5.02 Å². The molecule has 19 heavy (non-hydrogen) atoms. The lowest BCUT2D eigenvalue weighted by Gasteiger charge is -2.36. The van der Waals surface area contributed by atoms with Crippen molar-refractivity contribution in [1.29, 1.82) is 0 Å². The predicted octanol–water partition coefficient (Wildman–Crippen LogP) is 4.26. The molecule has 104 valence electrons. The molecule has 0 saturated heterocycles. The summed E-state index contributed by atoms with van der Waals surface area (Å²) in [5.74, 6) is -1.14. The summed E-state index contributed by atoms with van der Waals surface area (Å²) in [5.41, 5.74) is -1.11. The molecule has 0 spiro atoms. The molecule has 1 fully saturated rings. The number of alkyl halides is 1. The summed E-state index contributed by atoms with van der Waals surface area (Å²) in [6.45, 7) is 2.02. The van der Waals surface area contributed by atoms with Crippen molar-refractivity contribution in [3.63, 3.8) is 0 Å². The number of rotatable bonds is 3. The molecule has 1 saturated carbocycles. The molecular formula is C15H18ClFO2. The molecule has 2 rings (SSSR count). The number of benzene rings is 1. The molecule has 2 nitrogen and oxygen atoms in total. The first-order chi connectivity index (χ1) is 9.08. The third-order valence-electron chi connectivity index (χ3n) is 3.73. The summed E-state index contributed by atoms with van der Waals surface area (Å²) in [6, 6.07) is 6.66. The lowest BCUT2D eigenvalue weighted by Crippen LogP contribution is -2.39. The maximum absolute atomic E-state index is 15.3. The van der Waals surface area contributed by atoms with Crippen LogP contribution >= 0.6 is 11.6 Å². The van der Waals surface area contributed by atoms with Crippen LogP contribution in [0, 0.1) is 5.92 Å². The highest BCUT2D eigenvalue weighted by molar-refractivity contribution is 6.30. The van der Waals surface area contributed by atoms with Crippen LogP contribution < -0.4 is 0 Å². The Morgan fingerprint density at radius 3 is 2.74 bits per heavy atom. The highest BCUT2D eigenvalue weighted by Gasteiger charge is 2.47. The third kappa shape index (κ3) is 2.92. The quantitative estimate of drug-likeness (QED) is 0.775. The minimum Gasteiger partial charge on any atom is -0.466 e. The van der Waals surface area contributed by atoms with Crippen molar-refractivity contribution in [2.24, 2.45) is 5.92 Å². The van der Waals surface area contributed by atoms with Gasteiger partial charge in [-0.2, -0.15) is 0 Å². The van der Waals surface area contributed by atoms with Gasteiger partial charge in [0.1, 0.15) is 5.67 Å². The molecule has 1 aliphatic rings. The minimum absolute atomic E-state index is 0.284. The van der Waals surface area contributed by atoms with Crippen LogP contribution in [0.15, 0.2) is 24.3 Å². The largest absolute Gasteiger partial charge is 0.466 e. The Morgan fingerprint density at radius 1 is 1.42 bits per heavy atom. The Morgan fingerprint density at radius 2 is 2.11 bits per heavy atom. The number of halogens is 2. The van der Waals surface area contributed by atoms with E-state index in [9.17, 15) is 4.79 Å². The molecule has 0 amide bonds. The van der Waals surface area contributed by atoms with Gasteiger partial charge in [-0.1, -0.05) is 30.2 Å². The molecular weight excluding hydrogens is 267 g/mol. The van der Waals surface area contributed by atoms with Crippen molar-refractivity contribution < 1.29 is 13.9 Å². The smallest absolute Gasteiger partial charge is 0.312 e. The van der Waals surface area contributed by atoms with E-state index in [0.29, 0.717) is 23.4 Å². The van der Waals surface area contributed by atoms with E-state index in [4.69, 9.17) is 16.3 Å². The number of carbonyl (C=O) groups is 1. The topological polar surface area (TPSA) is 26.3 Å². The van der Waals surface area contributed by atoms with E-state index in [0.717, 1.165) is 12.8 Å². The van der Waals surface area contributed by atoms with Gasteiger partial charge in [0.05, 0.1) is 12.5 Å². The zero-order valence-electron chi connectivity index (χ0n) is 11.0. The summed E-state index contributed by atoms with van der Waals surface area (Å²) in [5, 5.41) is 0.566. The van der Waals surface area contributed by atoms with Crippen LogP contribution in [-0.4, -0.2) is 12.6 Å². The zero-order chi connectivity index (χ0) is 13.9. The van der Waals surface area contributed by atoms with Gasteiger partial charge >= 0.3 is 5.97 Å². The third-order valence-corrected chi connectivity index (χ3v) is 3.98. The predicted molar refractivity (Wildman–Crippen MR) is 72.8 cm³/mol. The molecule has 2 atom stereocenters. The first kappa shape index (κ1) is 14.3. The molecule has 0 N–H and O–H groups in total. The Bertz CT molecular complexity index is 446. The molecule has 4 heteroatoms. The molecule has 0 radical (unpaired) electrons. The van der Waals surface area contributed by atoms with Gasteiger partial charge in [-0.3, -0.25) is 4.79 Å². The van der Waals surface area contributed by atoms with E-state index in [1.54, 1.807) is 31.2 Å². The normalized spacial score (nSPS) is 27.0. The van der Waals surface area contributed by atoms with Gasteiger partial charge < -0.3 is 4.74 Å². The van der Waals surface area contributed by atoms with Crippen LogP contribution in [0.1, 0.15) is 38.2 Å². The SMILES string of the molecule is CCOC(=O)[C@@H]1CCCC[C@]1(F)c1ccc(Cl)cc1. The van der Waals surface area contributed by atoms with E-state index in [2.05, 4.69) is 0 Å². The minimum atomic E-state index is -1.63. The number of hydrogen-bond donors (Lipinski definition) is 0. The maximum atomic E-state index is 15.3. The Balaban J connectivity index is 2.30. The van der Waals surface area contributed by atoms with Crippen molar-refractivity contribution >= 4 is 17.6 Å². The number of carbonyl (C=O) groups excluding carboxylic acids is 1. The summed E-state index contributed by atoms with van der Waals surface area (Å²) in [7, 11) is 0. The molecule has 0 unspecified atom stereocenters. The van der Waals surface area contributed by atoms with Crippen molar-refractivity contribution in [1.82, 2.24) is 0 Å². The standard InChI is InChI=1S/C15H18ClFO2/c1-2-19-14(18)13-5-3-4-10-15(13,17)11-6-8-12(16)9-7-11/h6-9,13H,2-5,10H2,1H3/t13-,15-/m0/s1. The molecule has 0 aliphatic heterocycles. The van der Waals surface area contributed by atoms with Gasteiger partial charge in [0, 0.05) is 5.02 Å². The summed E-state index contributed by atoms with van der Waals surface area (Å²) >= 11 is 5.83. The Kier molecular flexibility index (Phi) is 4.46. The molecule has 0 aromatic heterocycles. The van der Waals surface area contributed by atoms with Crippen LogP contribution in [0.4, 0.5) is 4.39 Å². The molecule has 1 aliphatic carbocycles. The van der Waals surface area contributed by atoms with Crippen LogP contribution in [-0.2, 0) is 15.2 Å². The fraction of sp³-hybridized carbons (Fsp3) is 0.533. The monoisotopic (exact) mass is 284 g/mol. The average Bonchev–Trinajstić information content (AvgIpc) is 2.40. The van der Waals surface area contributed by atoms with E-state index >= 15 is 4.39 Å². The van der Waals surface area contributed by atoms with Crippen LogP contribution in [0.25, 0.3) is 0 Å². The second kappa shape index (κ2) is 5.91. The second-order valence-corrected chi connectivity index (χ2v) is 5.36. The average molecular weight is 285 g/mol. The van der Waals surface area contributed by atoms with Crippen molar-refractivity contribution in [2.45, 2.75) is 38.3 Å². The number of esters is 1. The van der Waals surface area contributed by atoms with Crippen molar-refractivity contribution in [3.8, 4) is 0 Å². The van der Waals surface area contributed by atoms with E-state index in [1.165, 1.54) is 0 Å². The lowest BCUT2D eigenvalue weighted by atomic mass is 9.73. The van der Waals surface area contributed by atoms with Gasteiger partial charge in [-0.15, -0.1) is 0 Å². The lowest BCUT2D eigenvalue weighted by molar-refractivity contribution is -0.157. The highest BCUT2D eigenvalue weighted by Crippen LogP contribution is 2.45. The van der Waals surface area contributed by atoms with Crippen molar-refractivity contribution in [2.75, 3.05) is 6.61 Å². The van der Waals surface area contributed by atoms with Crippen LogP contribution in [0.3, 0.4) is 0 Å². The Labute approximate surface area is 117 Å². The van der Waals surface area contributed by atoms with Gasteiger partial charge in [-0.05, 0) is 43.9 Å². The highest BCUT2D eigenvalue weighted by atomic mass is 35.5. The molecule has 0 bridgehead atoms. The van der Waals surface area contributed by atoms with Crippen LogP contribution in [0.5, 0.6) is 0 Å². The fourth-order valence-electron chi connectivity index (χ4n) is 2.75. The van der Waals surface area contributed by atoms with Gasteiger partial charge in [-0.25, -0.2) is 4.39 Å². The summed E-state index contributed by atoms with van der Waals surface area (Å²) in [6.07, 6.45) is 2.55. The van der Waals surface area contributed by atoms with E-state index in [1.807, 2.05) is 0 Å². The van der Waals surface area contributed by atoms with Gasteiger partial charge in [0.15, 0.2) is 0 Å². The van der Waals surface area contributed by atoms with Gasteiger partial charge in [0.25, 0.3) is 0 Å². The molecule has 1 aromatic rings. The van der Waals surface area contributed by atoms with E-state index in [-0.39, 0.29) is 6.61 Å². The van der Waals surface area contributed by atoms with Gasteiger partial charge in [0.2, 0.25) is 0 Å². The molecule has 0 heterocycles.